The Balaban J connectivity index is 4.91. The Kier molecular flexibility index (Phi) is 6.10. The molecule has 0 radical (unpaired) electrons. The molecule has 17 heavy (non-hydrogen) atoms. The van der Waals surface area contributed by atoms with Crippen molar-refractivity contribution >= 4 is 17.8 Å². The third kappa shape index (κ3) is 4.34. The van der Waals surface area contributed by atoms with Gasteiger partial charge in [-0.3, -0.25) is 14.6 Å². The lowest BCUT2D eigenvalue weighted by molar-refractivity contribution is -0.158. The van der Waals surface area contributed by atoms with Crippen LogP contribution in [0.2, 0.25) is 0 Å². The molecule has 2 atom stereocenters. The molecule has 1 amide bonds. The van der Waals surface area contributed by atoms with E-state index in [1.165, 1.54) is 0 Å². The van der Waals surface area contributed by atoms with E-state index in [1.54, 1.807) is 0 Å². The molecule has 0 aromatic heterocycles. The van der Waals surface area contributed by atoms with Gasteiger partial charge in [-0.2, -0.15) is 0 Å². The number of carbonyl (C=O) groups excluding carboxylic acids is 1. The van der Waals surface area contributed by atoms with Gasteiger partial charge in [-0.05, 0) is 0 Å². The van der Waals surface area contributed by atoms with Gasteiger partial charge < -0.3 is 20.4 Å². The maximum absolute atomic E-state index is 11.1. The standard InChI is InChI=1S/C8H14N2O7/c1-4(13)10(6(3-12)8(16)17)9-5(2-11)7(14)15/h5-6,9,11-12H,2-3H2,1H3,(H,14,15)(H,16,17)/t5-,6-/m0/s1. The first kappa shape index (κ1) is 15.3. The summed E-state index contributed by atoms with van der Waals surface area (Å²) in [6.45, 7) is -0.731. The number of hydrogen-bond donors (Lipinski definition) is 5. The number of aliphatic hydroxyl groups excluding tert-OH is 2. The maximum Gasteiger partial charge on any atom is 0.330 e. The number of carboxylic acid groups (broad SMARTS) is 2. The van der Waals surface area contributed by atoms with E-state index in [1.807, 2.05) is 5.43 Å². The van der Waals surface area contributed by atoms with E-state index in [9.17, 15) is 14.4 Å². The Morgan fingerprint density at radius 3 is 1.88 bits per heavy atom. The summed E-state index contributed by atoms with van der Waals surface area (Å²) in [7, 11) is 0. The Hall–Kier alpha value is -1.71. The largest absolute Gasteiger partial charge is 0.480 e. The molecule has 0 spiro atoms. The minimum Gasteiger partial charge on any atom is -0.480 e. The number of carbonyl (C=O) groups is 3. The molecular weight excluding hydrogens is 236 g/mol. The van der Waals surface area contributed by atoms with Gasteiger partial charge in [-0.15, -0.1) is 0 Å². The molecule has 0 rings (SSSR count). The number of aliphatic hydroxyl groups is 2. The van der Waals surface area contributed by atoms with Crippen LogP contribution in [0.1, 0.15) is 6.92 Å². The van der Waals surface area contributed by atoms with Gasteiger partial charge in [0.15, 0.2) is 6.04 Å². The number of nitrogens with one attached hydrogen (secondary N) is 1. The van der Waals surface area contributed by atoms with Crippen molar-refractivity contribution in [1.82, 2.24) is 10.4 Å². The summed E-state index contributed by atoms with van der Waals surface area (Å²) in [6.07, 6.45) is 0. The van der Waals surface area contributed by atoms with Crippen LogP contribution in [0.15, 0.2) is 0 Å². The van der Waals surface area contributed by atoms with Crippen molar-refractivity contribution in [3.05, 3.63) is 0 Å². The summed E-state index contributed by atoms with van der Waals surface area (Å²) < 4.78 is 0. The molecular formula is C8H14N2O7. The number of hydrazine groups is 1. The third-order valence-corrected chi connectivity index (χ3v) is 1.88. The highest BCUT2D eigenvalue weighted by molar-refractivity contribution is 5.82. The molecule has 0 unspecified atom stereocenters. The van der Waals surface area contributed by atoms with Gasteiger partial charge >= 0.3 is 11.9 Å². The lowest BCUT2D eigenvalue weighted by Crippen LogP contribution is -2.59. The van der Waals surface area contributed by atoms with Crippen molar-refractivity contribution in [3.63, 3.8) is 0 Å². The van der Waals surface area contributed by atoms with Gasteiger partial charge in [-0.1, -0.05) is 0 Å². The molecule has 5 N–H and O–H groups in total. The molecule has 0 aromatic carbocycles. The number of nitrogens with zero attached hydrogens (tertiary/aromatic N) is 1. The van der Waals surface area contributed by atoms with Crippen LogP contribution in [-0.2, 0) is 14.4 Å². The smallest absolute Gasteiger partial charge is 0.330 e. The van der Waals surface area contributed by atoms with E-state index in [-0.39, 0.29) is 0 Å². The average Bonchev–Trinajstić information content (AvgIpc) is 2.22. The van der Waals surface area contributed by atoms with E-state index in [2.05, 4.69) is 0 Å². The zero-order chi connectivity index (χ0) is 13.6. The SMILES string of the molecule is CC(=O)N(N[C@@H](CO)C(=O)O)[C@@H](CO)C(=O)O. The molecule has 0 fully saturated rings. The first-order chi connectivity index (χ1) is 7.84. The highest BCUT2D eigenvalue weighted by Crippen LogP contribution is 1.99. The van der Waals surface area contributed by atoms with Gasteiger partial charge in [0.1, 0.15) is 6.04 Å². The number of aliphatic carboxylic acids is 2. The van der Waals surface area contributed by atoms with Crippen molar-refractivity contribution in [2.75, 3.05) is 13.2 Å². The van der Waals surface area contributed by atoms with Crippen molar-refractivity contribution < 1.29 is 34.8 Å². The van der Waals surface area contributed by atoms with Crippen molar-refractivity contribution in [3.8, 4) is 0 Å². The second kappa shape index (κ2) is 6.78. The van der Waals surface area contributed by atoms with Gasteiger partial charge in [0.25, 0.3) is 0 Å². The summed E-state index contributed by atoms with van der Waals surface area (Å²) in [6, 6.07) is -3.16. The van der Waals surface area contributed by atoms with E-state index in [0.717, 1.165) is 6.92 Å². The molecule has 0 saturated heterocycles. The van der Waals surface area contributed by atoms with E-state index in [0.29, 0.717) is 5.01 Å². The molecule has 0 saturated carbocycles. The maximum atomic E-state index is 11.1. The molecule has 0 aliphatic heterocycles. The zero-order valence-electron chi connectivity index (χ0n) is 9.03. The summed E-state index contributed by atoms with van der Waals surface area (Å²) >= 11 is 0. The monoisotopic (exact) mass is 250 g/mol. The normalized spacial score (nSPS) is 13.8. The Morgan fingerprint density at radius 1 is 1.12 bits per heavy atom. The Bertz CT molecular complexity index is 306. The van der Waals surface area contributed by atoms with Gasteiger partial charge in [-0.25, -0.2) is 10.2 Å². The number of rotatable bonds is 7. The predicted octanol–water partition coefficient (Wildman–Crippen LogP) is -2.77. The van der Waals surface area contributed by atoms with E-state index in [4.69, 9.17) is 20.4 Å². The first-order valence-corrected chi connectivity index (χ1v) is 4.58. The topological polar surface area (TPSA) is 147 Å². The van der Waals surface area contributed by atoms with Gasteiger partial charge in [0, 0.05) is 6.92 Å². The zero-order valence-corrected chi connectivity index (χ0v) is 9.03. The van der Waals surface area contributed by atoms with Crippen molar-refractivity contribution in [2.24, 2.45) is 0 Å². The van der Waals surface area contributed by atoms with E-state index >= 15 is 0 Å². The number of carboxylic acids is 2. The average molecular weight is 250 g/mol. The van der Waals surface area contributed by atoms with Crippen LogP contribution in [0.5, 0.6) is 0 Å². The van der Waals surface area contributed by atoms with Crippen molar-refractivity contribution in [2.45, 2.75) is 19.0 Å². The summed E-state index contributed by atoms with van der Waals surface area (Å²) in [5.74, 6) is -3.76. The molecule has 0 heterocycles. The fourth-order valence-electron chi connectivity index (χ4n) is 1.01. The molecule has 0 aliphatic rings. The molecule has 0 bridgehead atoms. The minimum absolute atomic E-state index is 0.456. The quantitative estimate of drug-likeness (QED) is 0.305. The van der Waals surface area contributed by atoms with E-state index < -0.39 is 43.1 Å². The lowest BCUT2D eigenvalue weighted by atomic mass is 10.3. The third-order valence-electron chi connectivity index (χ3n) is 1.88. The van der Waals surface area contributed by atoms with Gasteiger partial charge in [0.05, 0.1) is 13.2 Å². The summed E-state index contributed by atoms with van der Waals surface area (Å²) in [5, 5.41) is 35.3. The fourth-order valence-corrected chi connectivity index (χ4v) is 1.01. The minimum atomic E-state index is -1.62. The second-order valence-corrected chi connectivity index (χ2v) is 3.13. The fraction of sp³-hybridized carbons (Fsp3) is 0.625. The molecule has 0 aliphatic carbocycles. The predicted molar refractivity (Wildman–Crippen MR) is 52.7 cm³/mol. The summed E-state index contributed by atoms with van der Waals surface area (Å²) in [4.78, 5) is 32.4. The van der Waals surface area contributed by atoms with Crippen LogP contribution in [0.25, 0.3) is 0 Å². The molecule has 0 aromatic rings. The molecule has 9 heteroatoms. The van der Waals surface area contributed by atoms with Crippen LogP contribution >= 0.6 is 0 Å². The van der Waals surface area contributed by atoms with Crippen molar-refractivity contribution in [1.29, 1.82) is 0 Å². The Morgan fingerprint density at radius 2 is 1.65 bits per heavy atom. The molecule has 98 valence electrons. The first-order valence-electron chi connectivity index (χ1n) is 4.58. The Labute approximate surface area is 96.2 Å². The molecule has 9 nitrogen and oxygen atoms in total. The highest BCUT2D eigenvalue weighted by Gasteiger charge is 2.30. The second-order valence-electron chi connectivity index (χ2n) is 3.13. The van der Waals surface area contributed by atoms with Crippen LogP contribution in [-0.4, -0.2) is 68.6 Å². The van der Waals surface area contributed by atoms with Crippen LogP contribution in [0.4, 0.5) is 0 Å². The van der Waals surface area contributed by atoms with Crippen LogP contribution in [0.3, 0.4) is 0 Å². The lowest BCUT2D eigenvalue weighted by Gasteiger charge is -2.29. The van der Waals surface area contributed by atoms with Crippen LogP contribution in [0, 0.1) is 0 Å². The summed E-state index contributed by atoms with van der Waals surface area (Å²) in [5.41, 5.74) is 2.03. The highest BCUT2D eigenvalue weighted by atomic mass is 16.4. The van der Waals surface area contributed by atoms with Gasteiger partial charge in [0.2, 0.25) is 5.91 Å². The number of amides is 1. The number of hydrogen-bond acceptors (Lipinski definition) is 6. The van der Waals surface area contributed by atoms with Crippen LogP contribution < -0.4 is 5.43 Å².